The van der Waals surface area contributed by atoms with Gasteiger partial charge in [-0.3, -0.25) is 0 Å². The van der Waals surface area contributed by atoms with Gasteiger partial charge in [-0.15, -0.1) is 0 Å². The van der Waals surface area contributed by atoms with Gasteiger partial charge in [0, 0.05) is 12.0 Å². The highest BCUT2D eigenvalue weighted by atomic mass is 19.4. The molecular formula is C13H12F4O2. The fourth-order valence-electron chi connectivity index (χ4n) is 1.99. The molecule has 1 aromatic rings. The number of rotatable bonds is 4. The second kappa shape index (κ2) is 4.85. The first kappa shape index (κ1) is 13.9. The summed E-state index contributed by atoms with van der Waals surface area (Å²) in [4.78, 5) is 0. The van der Waals surface area contributed by atoms with E-state index < -0.39 is 17.6 Å². The van der Waals surface area contributed by atoms with Gasteiger partial charge in [0.05, 0.1) is 6.61 Å². The van der Waals surface area contributed by atoms with Crippen molar-refractivity contribution >= 4 is 0 Å². The Morgan fingerprint density at radius 2 is 2.11 bits per heavy atom. The van der Waals surface area contributed by atoms with Crippen molar-refractivity contribution in [2.45, 2.75) is 18.2 Å². The average molecular weight is 276 g/mol. The number of alkyl halides is 3. The summed E-state index contributed by atoms with van der Waals surface area (Å²) in [7, 11) is 0. The molecule has 19 heavy (non-hydrogen) atoms. The maximum absolute atomic E-state index is 13.2. The zero-order valence-electron chi connectivity index (χ0n) is 9.97. The molecule has 0 radical (unpaired) electrons. The minimum Gasteiger partial charge on any atom is -0.489 e. The summed E-state index contributed by atoms with van der Waals surface area (Å²) >= 11 is 0. The van der Waals surface area contributed by atoms with Gasteiger partial charge in [0.1, 0.15) is 18.2 Å². The Labute approximate surface area is 107 Å². The zero-order chi connectivity index (χ0) is 14.1. The molecule has 104 valence electrons. The number of hydrogen-bond donors (Lipinski definition) is 0. The van der Waals surface area contributed by atoms with Gasteiger partial charge in [0.15, 0.2) is 5.60 Å². The van der Waals surface area contributed by atoms with Crippen LogP contribution in [0.4, 0.5) is 17.6 Å². The van der Waals surface area contributed by atoms with Gasteiger partial charge in [-0.2, -0.15) is 13.2 Å². The van der Waals surface area contributed by atoms with E-state index in [1.54, 1.807) is 0 Å². The second-order valence-corrected chi connectivity index (χ2v) is 4.16. The van der Waals surface area contributed by atoms with Gasteiger partial charge in [-0.1, -0.05) is 12.7 Å². The Kier molecular flexibility index (Phi) is 3.54. The van der Waals surface area contributed by atoms with E-state index in [2.05, 4.69) is 6.58 Å². The van der Waals surface area contributed by atoms with E-state index in [1.807, 2.05) is 0 Å². The molecule has 6 heteroatoms. The largest absolute Gasteiger partial charge is 0.489 e. The van der Waals surface area contributed by atoms with Gasteiger partial charge in [-0.05, 0) is 18.2 Å². The smallest absolute Gasteiger partial charge is 0.421 e. The zero-order valence-corrected chi connectivity index (χ0v) is 9.97. The van der Waals surface area contributed by atoms with E-state index in [-0.39, 0.29) is 30.9 Å². The van der Waals surface area contributed by atoms with Crippen LogP contribution in [0.15, 0.2) is 30.9 Å². The predicted molar refractivity (Wildman–Crippen MR) is 60.4 cm³/mol. The molecule has 1 aliphatic heterocycles. The molecule has 0 aromatic heterocycles. The summed E-state index contributed by atoms with van der Waals surface area (Å²) in [5, 5.41) is 0. The maximum atomic E-state index is 13.2. The molecule has 1 heterocycles. The Morgan fingerprint density at radius 1 is 1.42 bits per heavy atom. The lowest BCUT2D eigenvalue weighted by Gasteiger charge is -2.43. The van der Waals surface area contributed by atoms with Crippen LogP contribution in [0.3, 0.4) is 0 Å². The molecule has 1 saturated heterocycles. The summed E-state index contributed by atoms with van der Waals surface area (Å²) in [6.07, 6.45) is -3.47. The summed E-state index contributed by atoms with van der Waals surface area (Å²) < 4.78 is 62.6. The molecule has 0 bridgehead atoms. The summed E-state index contributed by atoms with van der Waals surface area (Å²) in [5.41, 5.74) is -2.79. The third-order valence-corrected chi connectivity index (χ3v) is 2.99. The molecule has 1 unspecified atom stereocenters. The normalized spacial score (nSPS) is 22.7. The highest BCUT2D eigenvalue weighted by Crippen LogP contribution is 2.52. The van der Waals surface area contributed by atoms with E-state index in [4.69, 9.17) is 9.47 Å². The molecule has 1 fully saturated rings. The van der Waals surface area contributed by atoms with Crippen molar-refractivity contribution in [3.05, 3.63) is 42.2 Å². The Bertz CT molecular complexity index is 478. The minimum atomic E-state index is -4.62. The molecule has 1 aliphatic rings. The molecular weight excluding hydrogens is 264 g/mol. The van der Waals surface area contributed by atoms with Crippen LogP contribution in [-0.4, -0.2) is 19.4 Å². The van der Waals surface area contributed by atoms with Crippen molar-refractivity contribution in [1.29, 1.82) is 0 Å². The van der Waals surface area contributed by atoms with Gasteiger partial charge in [0.2, 0.25) is 0 Å². The van der Waals surface area contributed by atoms with Gasteiger partial charge in [-0.25, -0.2) is 4.39 Å². The minimum absolute atomic E-state index is 0.0169. The average Bonchev–Trinajstić information content (AvgIpc) is 2.24. The van der Waals surface area contributed by atoms with Crippen molar-refractivity contribution < 1.29 is 27.0 Å². The number of benzene rings is 1. The summed E-state index contributed by atoms with van der Waals surface area (Å²) in [6.45, 7) is 3.43. The van der Waals surface area contributed by atoms with Crippen LogP contribution in [0.5, 0.6) is 5.75 Å². The van der Waals surface area contributed by atoms with Crippen molar-refractivity contribution in [1.82, 2.24) is 0 Å². The Morgan fingerprint density at radius 3 is 2.58 bits per heavy atom. The lowest BCUT2D eigenvalue weighted by molar-refractivity contribution is -0.334. The summed E-state index contributed by atoms with van der Waals surface area (Å²) in [6, 6.07) is 3.03. The molecule has 1 aromatic carbocycles. The SMILES string of the molecule is C=CCOc1ccc(F)cc1C1(C(F)(F)F)CCO1. The maximum Gasteiger partial charge on any atom is 0.421 e. The fourth-order valence-corrected chi connectivity index (χ4v) is 1.99. The predicted octanol–water partition coefficient (Wildman–Crippen LogP) is 3.57. The lowest BCUT2D eigenvalue weighted by atomic mass is 9.85. The first-order valence-electron chi connectivity index (χ1n) is 5.65. The molecule has 2 nitrogen and oxygen atoms in total. The third kappa shape index (κ3) is 2.32. The van der Waals surface area contributed by atoms with E-state index >= 15 is 0 Å². The Hall–Kier alpha value is -1.56. The molecule has 0 spiro atoms. The summed E-state index contributed by atoms with van der Waals surface area (Å²) in [5.74, 6) is -0.807. The van der Waals surface area contributed by atoms with Crippen LogP contribution in [0.1, 0.15) is 12.0 Å². The molecule has 0 N–H and O–H groups in total. The molecule has 1 atom stereocenters. The van der Waals surface area contributed by atoms with Crippen molar-refractivity contribution in [2.24, 2.45) is 0 Å². The molecule has 0 amide bonds. The van der Waals surface area contributed by atoms with E-state index in [1.165, 1.54) is 12.1 Å². The standard InChI is InChI=1S/C13H12F4O2/c1-2-6-18-11-4-3-9(14)8-10(11)12(5-7-19-12)13(15,16)17/h2-4,8H,1,5-7H2. The van der Waals surface area contributed by atoms with Gasteiger partial charge >= 0.3 is 6.18 Å². The topological polar surface area (TPSA) is 18.5 Å². The first-order chi connectivity index (χ1) is 8.90. The third-order valence-electron chi connectivity index (χ3n) is 2.99. The highest BCUT2D eigenvalue weighted by Gasteiger charge is 2.62. The van der Waals surface area contributed by atoms with Crippen LogP contribution < -0.4 is 4.74 Å². The molecule has 0 aliphatic carbocycles. The first-order valence-corrected chi connectivity index (χ1v) is 5.65. The fraction of sp³-hybridized carbons (Fsp3) is 0.385. The molecule has 0 saturated carbocycles. The van der Waals surface area contributed by atoms with Crippen LogP contribution in [0, 0.1) is 5.82 Å². The highest BCUT2D eigenvalue weighted by molar-refractivity contribution is 5.41. The van der Waals surface area contributed by atoms with Crippen LogP contribution >= 0.6 is 0 Å². The van der Waals surface area contributed by atoms with Crippen molar-refractivity contribution in [2.75, 3.05) is 13.2 Å². The van der Waals surface area contributed by atoms with Crippen LogP contribution in [0.25, 0.3) is 0 Å². The van der Waals surface area contributed by atoms with Crippen LogP contribution in [-0.2, 0) is 10.3 Å². The lowest BCUT2D eigenvalue weighted by Crippen LogP contribution is -2.53. The van der Waals surface area contributed by atoms with Crippen LogP contribution in [0.2, 0.25) is 0 Å². The van der Waals surface area contributed by atoms with Crippen molar-refractivity contribution in [3.8, 4) is 5.75 Å². The second-order valence-electron chi connectivity index (χ2n) is 4.16. The van der Waals surface area contributed by atoms with E-state index in [9.17, 15) is 17.6 Å². The number of hydrogen-bond acceptors (Lipinski definition) is 2. The molecule has 2 rings (SSSR count). The number of ether oxygens (including phenoxy) is 2. The van der Waals surface area contributed by atoms with Gasteiger partial charge < -0.3 is 9.47 Å². The van der Waals surface area contributed by atoms with Crippen molar-refractivity contribution in [3.63, 3.8) is 0 Å². The Balaban J connectivity index is 2.47. The van der Waals surface area contributed by atoms with Gasteiger partial charge in [0.25, 0.3) is 0 Å². The van der Waals surface area contributed by atoms with E-state index in [0.717, 1.165) is 12.1 Å². The monoisotopic (exact) mass is 276 g/mol. The quantitative estimate of drug-likeness (QED) is 0.618. The number of halogens is 4. The van der Waals surface area contributed by atoms with E-state index in [0.29, 0.717) is 0 Å².